The Kier molecular flexibility index (Phi) is 6.01. The first-order valence-corrected chi connectivity index (χ1v) is 16.5. The number of hydrogen-bond acceptors (Lipinski definition) is 1. The minimum atomic E-state index is -0.204. The monoisotopic (exact) mass is 604 g/mol. The summed E-state index contributed by atoms with van der Waals surface area (Å²) in [6.45, 7) is 9.17. The van der Waals surface area contributed by atoms with Crippen LogP contribution >= 0.6 is 0 Å². The maximum atomic E-state index is 2.50. The maximum Gasteiger partial charge on any atom is 0.0544 e. The Bertz CT molecular complexity index is 2400. The van der Waals surface area contributed by atoms with Crippen LogP contribution in [0.15, 0.2) is 146 Å². The predicted octanol–water partition coefficient (Wildman–Crippen LogP) is 12.3. The summed E-state index contributed by atoms with van der Waals surface area (Å²) in [7, 11) is 0. The smallest absolute Gasteiger partial charge is 0.0544 e. The lowest BCUT2D eigenvalue weighted by Gasteiger charge is -2.28. The third-order valence-electron chi connectivity index (χ3n) is 10.2. The van der Waals surface area contributed by atoms with Gasteiger partial charge >= 0.3 is 0 Å². The van der Waals surface area contributed by atoms with Crippen molar-refractivity contribution in [1.82, 2.24) is 4.57 Å². The largest absolute Gasteiger partial charge is 0.310 e. The van der Waals surface area contributed by atoms with Crippen LogP contribution in [0.3, 0.4) is 0 Å². The number of benzene rings is 7. The van der Waals surface area contributed by atoms with Gasteiger partial charge in [0, 0.05) is 38.6 Å². The second-order valence-corrected chi connectivity index (χ2v) is 13.6. The van der Waals surface area contributed by atoms with Crippen LogP contribution in [0.25, 0.3) is 49.4 Å². The minimum absolute atomic E-state index is 0.204. The van der Waals surface area contributed by atoms with Crippen molar-refractivity contribution in [3.8, 4) is 16.8 Å². The zero-order valence-electron chi connectivity index (χ0n) is 27.3. The number of hydrogen-bond donors (Lipinski definition) is 0. The van der Waals surface area contributed by atoms with Crippen molar-refractivity contribution in [3.05, 3.63) is 168 Å². The van der Waals surface area contributed by atoms with Gasteiger partial charge in [-0.25, -0.2) is 0 Å². The molecule has 9 rings (SSSR count). The van der Waals surface area contributed by atoms with Crippen LogP contribution < -0.4 is 4.90 Å². The van der Waals surface area contributed by atoms with Crippen molar-refractivity contribution < 1.29 is 0 Å². The van der Waals surface area contributed by atoms with E-state index < -0.39 is 0 Å². The molecule has 0 aliphatic heterocycles. The van der Waals surface area contributed by atoms with Gasteiger partial charge in [-0.2, -0.15) is 0 Å². The number of para-hydroxylation sites is 2. The van der Waals surface area contributed by atoms with E-state index in [9.17, 15) is 0 Å². The topological polar surface area (TPSA) is 8.17 Å². The summed E-state index contributed by atoms with van der Waals surface area (Å²) in [5.74, 6) is 0. The molecule has 0 unspecified atom stereocenters. The first kappa shape index (κ1) is 27.7. The second-order valence-electron chi connectivity index (χ2n) is 13.6. The summed E-state index contributed by atoms with van der Waals surface area (Å²) in [6, 6.07) is 53.7. The number of rotatable bonds is 4. The van der Waals surface area contributed by atoms with E-state index in [1.165, 1.54) is 77.3 Å². The Morgan fingerprint density at radius 1 is 0.468 bits per heavy atom. The summed E-state index contributed by atoms with van der Waals surface area (Å²) in [6.07, 6.45) is 0. The fourth-order valence-corrected chi connectivity index (χ4v) is 7.99. The summed E-state index contributed by atoms with van der Waals surface area (Å²) in [4.78, 5) is 2.37. The van der Waals surface area contributed by atoms with Gasteiger partial charge in [-0.1, -0.05) is 104 Å². The van der Waals surface area contributed by atoms with E-state index in [1.54, 1.807) is 0 Å². The Morgan fingerprint density at radius 2 is 1.02 bits per heavy atom. The standard InChI is InChI=1S/C45H36N2/c1-29-19-23-41-37(25-29)38-26-30(2)20-24-42(38)47(41)43-28-40-44(35-18-12-11-17-34(35)43)36-22-21-33(27-39(36)45(40,3)4)46(31-13-7-5-8-14-31)32-15-9-6-10-16-32/h5-28H,1-4H3. The average Bonchev–Trinajstić information content (AvgIpc) is 3.52. The molecule has 1 aliphatic rings. The van der Waals surface area contributed by atoms with Gasteiger partial charge in [0.1, 0.15) is 0 Å². The lowest BCUT2D eigenvalue weighted by Crippen LogP contribution is -2.17. The third kappa shape index (κ3) is 4.11. The van der Waals surface area contributed by atoms with Gasteiger partial charge in [-0.15, -0.1) is 0 Å². The molecular formula is C45H36N2. The van der Waals surface area contributed by atoms with Crippen molar-refractivity contribution in [2.24, 2.45) is 0 Å². The fourth-order valence-electron chi connectivity index (χ4n) is 7.99. The summed E-state index contributed by atoms with van der Waals surface area (Å²) >= 11 is 0. The SMILES string of the molecule is Cc1ccc2c(c1)c1cc(C)ccc1n2-c1cc2c(c3ccccc13)-c1ccc(N(c3ccccc3)c3ccccc3)cc1C2(C)C. The van der Waals surface area contributed by atoms with E-state index >= 15 is 0 Å². The van der Waals surface area contributed by atoms with Crippen LogP contribution in [0, 0.1) is 13.8 Å². The highest BCUT2D eigenvalue weighted by atomic mass is 15.1. The quantitative estimate of drug-likeness (QED) is 0.194. The molecule has 0 fully saturated rings. The Morgan fingerprint density at radius 3 is 1.62 bits per heavy atom. The van der Waals surface area contributed by atoms with E-state index in [-0.39, 0.29) is 5.41 Å². The van der Waals surface area contributed by atoms with Gasteiger partial charge < -0.3 is 9.47 Å². The number of aromatic nitrogens is 1. The van der Waals surface area contributed by atoms with Crippen molar-refractivity contribution >= 4 is 49.6 Å². The van der Waals surface area contributed by atoms with E-state index in [2.05, 4.69) is 183 Å². The normalized spacial score (nSPS) is 13.3. The average molecular weight is 605 g/mol. The molecule has 2 heteroatoms. The molecule has 226 valence electrons. The predicted molar refractivity (Wildman–Crippen MR) is 200 cm³/mol. The molecule has 0 bridgehead atoms. The van der Waals surface area contributed by atoms with Crippen LogP contribution in [0.4, 0.5) is 17.1 Å². The van der Waals surface area contributed by atoms with Crippen molar-refractivity contribution in [2.45, 2.75) is 33.1 Å². The molecule has 0 saturated heterocycles. The van der Waals surface area contributed by atoms with E-state index in [4.69, 9.17) is 0 Å². The third-order valence-corrected chi connectivity index (χ3v) is 10.2. The number of anilines is 3. The second kappa shape index (κ2) is 10.2. The highest BCUT2D eigenvalue weighted by molar-refractivity contribution is 6.13. The van der Waals surface area contributed by atoms with Crippen LogP contribution in [-0.4, -0.2) is 4.57 Å². The van der Waals surface area contributed by atoms with E-state index in [1.807, 2.05) is 0 Å². The summed E-state index contributed by atoms with van der Waals surface area (Å²) in [5.41, 5.74) is 15.0. The van der Waals surface area contributed by atoms with Gasteiger partial charge in [-0.3, -0.25) is 0 Å². The van der Waals surface area contributed by atoms with Gasteiger partial charge in [0.05, 0.1) is 16.7 Å². The summed E-state index contributed by atoms with van der Waals surface area (Å²) in [5, 5.41) is 5.19. The van der Waals surface area contributed by atoms with Gasteiger partial charge in [0.15, 0.2) is 0 Å². The molecule has 0 atom stereocenters. The van der Waals surface area contributed by atoms with Crippen LogP contribution in [0.5, 0.6) is 0 Å². The molecule has 0 radical (unpaired) electrons. The first-order valence-electron chi connectivity index (χ1n) is 16.5. The molecule has 1 heterocycles. The molecule has 8 aromatic rings. The van der Waals surface area contributed by atoms with Crippen LogP contribution in [-0.2, 0) is 5.41 Å². The van der Waals surface area contributed by atoms with Crippen molar-refractivity contribution in [2.75, 3.05) is 4.90 Å². The molecular weight excluding hydrogens is 569 g/mol. The van der Waals surface area contributed by atoms with Crippen molar-refractivity contribution in [3.63, 3.8) is 0 Å². The van der Waals surface area contributed by atoms with Gasteiger partial charge in [0.25, 0.3) is 0 Å². The molecule has 1 aliphatic carbocycles. The van der Waals surface area contributed by atoms with Crippen molar-refractivity contribution in [1.29, 1.82) is 0 Å². The Hall–Kier alpha value is -5.60. The highest BCUT2D eigenvalue weighted by Gasteiger charge is 2.38. The zero-order chi connectivity index (χ0) is 31.9. The molecule has 0 N–H and O–H groups in total. The number of nitrogens with zero attached hydrogens (tertiary/aromatic N) is 2. The summed E-state index contributed by atoms with van der Waals surface area (Å²) < 4.78 is 2.50. The molecule has 7 aromatic carbocycles. The van der Waals surface area contributed by atoms with E-state index in [0.29, 0.717) is 0 Å². The molecule has 1 aromatic heterocycles. The van der Waals surface area contributed by atoms with Gasteiger partial charge in [-0.05, 0) is 108 Å². The molecule has 0 amide bonds. The maximum absolute atomic E-state index is 2.50. The number of aryl methyl sites for hydroxylation is 2. The Balaban J connectivity index is 1.30. The molecule has 0 saturated carbocycles. The lowest BCUT2D eigenvalue weighted by atomic mass is 9.81. The molecule has 47 heavy (non-hydrogen) atoms. The number of fused-ring (bicyclic) bond motifs is 8. The first-order chi connectivity index (χ1) is 22.9. The Labute approximate surface area is 276 Å². The molecule has 2 nitrogen and oxygen atoms in total. The lowest BCUT2D eigenvalue weighted by molar-refractivity contribution is 0.660. The van der Waals surface area contributed by atoms with Crippen LogP contribution in [0.2, 0.25) is 0 Å². The fraction of sp³-hybridized carbons (Fsp3) is 0.111. The minimum Gasteiger partial charge on any atom is -0.310 e. The highest BCUT2D eigenvalue weighted by Crippen LogP contribution is 2.54. The molecule has 0 spiro atoms. The van der Waals surface area contributed by atoms with Gasteiger partial charge in [0.2, 0.25) is 0 Å². The van der Waals surface area contributed by atoms with E-state index in [0.717, 1.165) is 11.4 Å². The zero-order valence-corrected chi connectivity index (χ0v) is 27.3. The van der Waals surface area contributed by atoms with Crippen LogP contribution in [0.1, 0.15) is 36.1 Å².